The van der Waals surface area contributed by atoms with Gasteiger partial charge in [0.15, 0.2) is 0 Å². The lowest BCUT2D eigenvalue weighted by atomic mass is 9.98. The summed E-state index contributed by atoms with van der Waals surface area (Å²) in [5.41, 5.74) is 3.98. The molecule has 0 heterocycles. The monoisotopic (exact) mass is 248 g/mol. The summed E-state index contributed by atoms with van der Waals surface area (Å²) in [5.74, 6) is 0.813. The Labute approximate surface area is 115 Å². The number of allylic oxidation sites excluding steroid dienone is 1. The van der Waals surface area contributed by atoms with Gasteiger partial charge in [0.25, 0.3) is 0 Å². The van der Waals surface area contributed by atoms with E-state index >= 15 is 0 Å². The molecule has 0 saturated heterocycles. The molecule has 0 aliphatic carbocycles. The Balaban J connectivity index is 0. The van der Waals surface area contributed by atoms with Crippen molar-refractivity contribution in [3.63, 3.8) is 0 Å². The number of hydrogen-bond donors (Lipinski definition) is 0. The molecule has 0 fully saturated rings. The van der Waals surface area contributed by atoms with Crippen molar-refractivity contribution in [2.75, 3.05) is 0 Å². The SMILES string of the molecule is C=C(C)C.CC.CCC(C)Cc1ccc(C)cc1. The summed E-state index contributed by atoms with van der Waals surface area (Å²) in [4.78, 5) is 0. The second kappa shape index (κ2) is 12.4. The Morgan fingerprint density at radius 3 is 1.83 bits per heavy atom. The van der Waals surface area contributed by atoms with Crippen LogP contribution in [-0.4, -0.2) is 0 Å². The van der Waals surface area contributed by atoms with Gasteiger partial charge in [-0.1, -0.05) is 69.5 Å². The molecule has 1 rings (SSSR count). The minimum Gasteiger partial charge on any atom is -0.100 e. The fourth-order valence-corrected chi connectivity index (χ4v) is 1.27. The van der Waals surface area contributed by atoms with Crippen molar-refractivity contribution in [1.82, 2.24) is 0 Å². The van der Waals surface area contributed by atoms with Crippen LogP contribution in [0.3, 0.4) is 0 Å². The Kier molecular flexibility index (Phi) is 13.3. The van der Waals surface area contributed by atoms with E-state index in [1.54, 1.807) is 0 Å². The quantitative estimate of drug-likeness (QED) is 0.559. The summed E-state index contributed by atoms with van der Waals surface area (Å²) in [6.07, 6.45) is 2.49. The van der Waals surface area contributed by atoms with Gasteiger partial charge in [-0.05, 0) is 38.7 Å². The Morgan fingerprint density at radius 2 is 1.50 bits per heavy atom. The van der Waals surface area contributed by atoms with Gasteiger partial charge < -0.3 is 0 Å². The highest BCUT2D eigenvalue weighted by molar-refractivity contribution is 5.21. The van der Waals surface area contributed by atoms with Crippen LogP contribution < -0.4 is 0 Å². The van der Waals surface area contributed by atoms with Gasteiger partial charge in [-0.15, -0.1) is 6.58 Å². The molecule has 104 valence electrons. The smallest absolute Gasteiger partial charge is 0.0253 e. The molecule has 0 spiro atoms. The first kappa shape index (κ1) is 19.3. The third-order valence-corrected chi connectivity index (χ3v) is 2.40. The van der Waals surface area contributed by atoms with Crippen molar-refractivity contribution >= 4 is 0 Å². The van der Waals surface area contributed by atoms with E-state index in [9.17, 15) is 0 Å². The minimum atomic E-state index is 0.813. The fraction of sp³-hybridized carbons (Fsp3) is 0.556. The van der Waals surface area contributed by atoms with Crippen molar-refractivity contribution < 1.29 is 0 Å². The van der Waals surface area contributed by atoms with Crippen molar-refractivity contribution in [1.29, 1.82) is 0 Å². The van der Waals surface area contributed by atoms with Gasteiger partial charge in [0.1, 0.15) is 0 Å². The second-order valence-electron chi connectivity index (χ2n) is 4.91. The van der Waals surface area contributed by atoms with E-state index in [4.69, 9.17) is 0 Å². The first-order valence-corrected chi connectivity index (χ1v) is 7.13. The third kappa shape index (κ3) is 13.0. The average molecular weight is 248 g/mol. The molecule has 0 aliphatic rings. The summed E-state index contributed by atoms with van der Waals surface area (Å²) >= 11 is 0. The average Bonchev–Trinajstić information content (AvgIpc) is 2.34. The number of hydrogen-bond acceptors (Lipinski definition) is 0. The molecule has 0 bridgehead atoms. The molecule has 0 saturated carbocycles. The van der Waals surface area contributed by atoms with Gasteiger partial charge in [0, 0.05) is 0 Å². The molecule has 1 aromatic carbocycles. The molecule has 1 atom stereocenters. The lowest BCUT2D eigenvalue weighted by Crippen LogP contribution is -1.97. The maximum Gasteiger partial charge on any atom is -0.0253 e. The van der Waals surface area contributed by atoms with Crippen LogP contribution >= 0.6 is 0 Å². The number of aryl methyl sites for hydroxylation is 1. The lowest BCUT2D eigenvalue weighted by molar-refractivity contribution is 0.560. The van der Waals surface area contributed by atoms with Crippen molar-refractivity contribution in [2.24, 2.45) is 5.92 Å². The Bertz CT molecular complexity index is 288. The molecule has 18 heavy (non-hydrogen) atoms. The van der Waals surface area contributed by atoms with Gasteiger partial charge in [-0.25, -0.2) is 0 Å². The summed E-state index contributed by atoms with van der Waals surface area (Å²) in [6.45, 7) is 18.2. The summed E-state index contributed by atoms with van der Waals surface area (Å²) in [5, 5.41) is 0. The number of rotatable bonds is 3. The zero-order valence-corrected chi connectivity index (χ0v) is 13.5. The minimum absolute atomic E-state index is 0.813. The molecular formula is C18H32. The zero-order chi connectivity index (χ0) is 14.6. The van der Waals surface area contributed by atoms with Crippen LogP contribution in [0.1, 0.15) is 59.1 Å². The van der Waals surface area contributed by atoms with Crippen LogP contribution in [0.5, 0.6) is 0 Å². The maximum absolute atomic E-state index is 3.56. The standard InChI is InChI=1S/C12H18.C4H8.C2H6/c1-4-10(2)9-12-7-5-11(3)6-8-12;1-4(2)3;1-2/h5-8,10H,4,9H2,1-3H3;1H2,2-3H3;1-2H3. The van der Waals surface area contributed by atoms with Crippen LogP contribution in [0, 0.1) is 12.8 Å². The first-order chi connectivity index (χ1) is 8.45. The van der Waals surface area contributed by atoms with Crippen LogP contribution in [0.4, 0.5) is 0 Å². The summed E-state index contributed by atoms with van der Waals surface area (Å²) in [7, 11) is 0. The molecule has 0 heteroatoms. The molecule has 1 unspecified atom stereocenters. The largest absolute Gasteiger partial charge is 0.100 e. The molecular weight excluding hydrogens is 216 g/mol. The van der Waals surface area contributed by atoms with Gasteiger partial charge >= 0.3 is 0 Å². The molecule has 0 aliphatic heterocycles. The van der Waals surface area contributed by atoms with Crippen LogP contribution in [0.25, 0.3) is 0 Å². The topological polar surface area (TPSA) is 0 Å². The van der Waals surface area contributed by atoms with Gasteiger partial charge in [-0.3, -0.25) is 0 Å². The van der Waals surface area contributed by atoms with E-state index in [-0.39, 0.29) is 0 Å². The van der Waals surface area contributed by atoms with Gasteiger partial charge in [-0.2, -0.15) is 0 Å². The highest BCUT2D eigenvalue weighted by Gasteiger charge is 1.99. The normalized spacial score (nSPS) is 10.4. The molecule has 0 aromatic heterocycles. The fourth-order valence-electron chi connectivity index (χ4n) is 1.27. The summed E-state index contributed by atoms with van der Waals surface area (Å²) < 4.78 is 0. The van der Waals surface area contributed by atoms with E-state index in [1.165, 1.54) is 29.5 Å². The molecule has 0 radical (unpaired) electrons. The Hall–Kier alpha value is -1.04. The predicted molar refractivity (Wildman–Crippen MR) is 86.2 cm³/mol. The predicted octanol–water partition coefficient (Wildman–Crippen LogP) is 6.19. The molecule has 0 amide bonds. The van der Waals surface area contributed by atoms with Crippen LogP contribution in [0.2, 0.25) is 0 Å². The molecule has 1 aromatic rings. The van der Waals surface area contributed by atoms with Crippen molar-refractivity contribution in [3.8, 4) is 0 Å². The van der Waals surface area contributed by atoms with E-state index in [0.717, 1.165) is 5.92 Å². The third-order valence-electron chi connectivity index (χ3n) is 2.40. The van der Waals surface area contributed by atoms with Crippen molar-refractivity contribution in [2.45, 2.75) is 61.3 Å². The van der Waals surface area contributed by atoms with E-state index < -0.39 is 0 Å². The van der Waals surface area contributed by atoms with E-state index in [0.29, 0.717) is 0 Å². The Morgan fingerprint density at radius 1 is 1.11 bits per heavy atom. The van der Waals surface area contributed by atoms with Crippen LogP contribution in [0.15, 0.2) is 36.4 Å². The maximum atomic E-state index is 3.56. The van der Waals surface area contributed by atoms with E-state index in [1.807, 2.05) is 27.7 Å². The van der Waals surface area contributed by atoms with Gasteiger partial charge in [0.05, 0.1) is 0 Å². The lowest BCUT2D eigenvalue weighted by Gasteiger charge is -2.07. The first-order valence-electron chi connectivity index (χ1n) is 7.13. The second-order valence-corrected chi connectivity index (χ2v) is 4.91. The van der Waals surface area contributed by atoms with Gasteiger partial charge in [0.2, 0.25) is 0 Å². The molecule has 0 nitrogen and oxygen atoms in total. The number of benzene rings is 1. The van der Waals surface area contributed by atoms with Crippen molar-refractivity contribution in [3.05, 3.63) is 47.5 Å². The van der Waals surface area contributed by atoms with E-state index in [2.05, 4.69) is 51.6 Å². The highest BCUT2D eigenvalue weighted by atomic mass is 14.0. The zero-order valence-electron chi connectivity index (χ0n) is 13.5. The highest BCUT2D eigenvalue weighted by Crippen LogP contribution is 2.11. The summed E-state index contributed by atoms with van der Waals surface area (Å²) in [6, 6.07) is 8.86. The van der Waals surface area contributed by atoms with Crippen LogP contribution in [-0.2, 0) is 6.42 Å². The molecule has 0 N–H and O–H groups in total.